The van der Waals surface area contributed by atoms with Crippen LogP contribution in [0.15, 0.2) is 12.7 Å². The first kappa shape index (κ1) is 13.1. The first-order valence-electron chi connectivity index (χ1n) is 6.83. The first-order valence-corrected chi connectivity index (χ1v) is 6.83. The number of piperidine rings is 1. The standard InChI is InChI=1S/C14H22N2O2/c1-2-12(17)15-9-4-13(18)16-10-7-14(8-11-16)5-3-6-14/h2H,1,3-11H2,(H,15,17). The van der Waals surface area contributed by atoms with Crippen LogP contribution in [-0.4, -0.2) is 36.3 Å². The minimum absolute atomic E-state index is 0.161. The number of nitrogens with zero attached hydrogens (tertiary/aromatic N) is 1. The van der Waals surface area contributed by atoms with Crippen LogP contribution >= 0.6 is 0 Å². The second-order valence-electron chi connectivity index (χ2n) is 5.48. The van der Waals surface area contributed by atoms with Gasteiger partial charge in [-0.25, -0.2) is 0 Å². The summed E-state index contributed by atoms with van der Waals surface area (Å²) in [6.07, 6.45) is 8.02. The van der Waals surface area contributed by atoms with Gasteiger partial charge in [-0.15, -0.1) is 0 Å². The van der Waals surface area contributed by atoms with Gasteiger partial charge in [0.15, 0.2) is 0 Å². The molecule has 4 nitrogen and oxygen atoms in total. The van der Waals surface area contributed by atoms with Crippen molar-refractivity contribution >= 4 is 11.8 Å². The predicted octanol–water partition coefficient (Wildman–Crippen LogP) is 1.47. The molecule has 0 bridgehead atoms. The maximum atomic E-state index is 11.9. The number of carbonyl (C=O) groups is 2. The monoisotopic (exact) mass is 250 g/mol. The molecule has 1 heterocycles. The van der Waals surface area contributed by atoms with Gasteiger partial charge in [0.1, 0.15) is 0 Å². The van der Waals surface area contributed by atoms with Gasteiger partial charge < -0.3 is 10.2 Å². The summed E-state index contributed by atoms with van der Waals surface area (Å²) in [5, 5.41) is 2.64. The molecular formula is C14H22N2O2. The lowest BCUT2D eigenvalue weighted by atomic mass is 9.63. The summed E-state index contributed by atoms with van der Waals surface area (Å²) in [5.74, 6) is -0.0524. The Morgan fingerprint density at radius 2 is 1.89 bits per heavy atom. The summed E-state index contributed by atoms with van der Waals surface area (Å²) in [7, 11) is 0. The van der Waals surface area contributed by atoms with E-state index in [0.29, 0.717) is 18.4 Å². The molecule has 100 valence electrons. The number of nitrogens with one attached hydrogen (secondary N) is 1. The molecule has 2 rings (SSSR count). The van der Waals surface area contributed by atoms with E-state index in [4.69, 9.17) is 0 Å². The molecule has 0 unspecified atom stereocenters. The topological polar surface area (TPSA) is 49.4 Å². The van der Waals surface area contributed by atoms with Crippen LogP contribution in [0.25, 0.3) is 0 Å². The van der Waals surface area contributed by atoms with Crippen molar-refractivity contribution < 1.29 is 9.59 Å². The third-order valence-electron chi connectivity index (χ3n) is 4.41. The van der Waals surface area contributed by atoms with Crippen molar-refractivity contribution in [1.82, 2.24) is 10.2 Å². The lowest BCUT2D eigenvalue weighted by molar-refractivity contribution is -0.134. The van der Waals surface area contributed by atoms with Gasteiger partial charge in [-0.1, -0.05) is 13.0 Å². The third-order valence-corrected chi connectivity index (χ3v) is 4.41. The molecule has 1 saturated carbocycles. The molecule has 1 saturated heterocycles. The van der Waals surface area contributed by atoms with E-state index in [1.165, 1.54) is 25.3 Å². The Balaban J connectivity index is 1.67. The third kappa shape index (κ3) is 2.92. The largest absolute Gasteiger partial charge is 0.352 e. The summed E-state index contributed by atoms with van der Waals surface area (Å²) in [5.41, 5.74) is 0.577. The average Bonchev–Trinajstić information content (AvgIpc) is 2.36. The van der Waals surface area contributed by atoms with Crippen molar-refractivity contribution in [2.45, 2.75) is 38.5 Å². The maximum Gasteiger partial charge on any atom is 0.243 e. The molecule has 0 aromatic carbocycles. The van der Waals surface area contributed by atoms with Crippen molar-refractivity contribution in [3.05, 3.63) is 12.7 Å². The normalized spacial score (nSPS) is 21.2. The molecule has 1 spiro atoms. The summed E-state index contributed by atoms with van der Waals surface area (Å²) in [6.45, 7) is 5.57. The Morgan fingerprint density at radius 1 is 1.22 bits per heavy atom. The van der Waals surface area contributed by atoms with Crippen molar-refractivity contribution in [2.24, 2.45) is 5.41 Å². The molecule has 2 amide bonds. The zero-order valence-corrected chi connectivity index (χ0v) is 10.9. The van der Waals surface area contributed by atoms with Crippen molar-refractivity contribution in [3.63, 3.8) is 0 Å². The van der Waals surface area contributed by atoms with E-state index in [-0.39, 0.29) is 11.8 Å². The van der Waals surface area contributed by atoms with Gasteiger partial charge in [0, 0.05) is 26.1 Å². The molecule has 2 aliphatic rings. The zero-order chi connectivity index (χ0) is 13.0. The lowest BCUT2D eigenvalue weighted by Crippen LogP contribution is -2.46. The zero-order valence-electron chi connectivity index (χ0n) is 10.9. The van der Waals surface area contributed by atoms with E-state index >= 15 is 0 Å². The highest BCUT2D eigenvalue weighted by Crippen LogP contribution is 2.48. The van der Waals surface area contributed by atoms with Crippen molar-refractivity contribution in [2.75, 3.05) is 19.6 Å². The number of hydrogen-bond acceptors (Lipinski definition) is 2. The maximum absolute atomic E-state index is 11.9. The summed E-state index contributed by atoms with van der Waals surface area (Å²) in [4.78, 5) is 24.8. The highest BCUT2D eigenvalue weighted by Gasteiger charge is 2.40. The Morgan fingerprint density at radius 3 is 2.39 bits per heavy atom. The molecule has 1 N–H and O–H groups in total. The highest BCUT2D eigenvalue weighted by molar-refractivity contribution is 5.87. The Labute approximate surface area is 108 Å². The molecule has 2 fully saturated rings. The summed E-state index contributed by atoms with van der Waals surface area (Å²) < 4.78 is 0. The van der Waals surface area contributed by atoms with Crippen molar-refractivity contribution in [1.29, 1.82) is 0 Å². The molecule has 4 heteroatoms. The molecule has 0 atom stereocenters. The molecule has 1 aliphatic heterocycles. The number of hydrogen-bond donors (Lipinski definition) is 1. The molecular weight excluding hydrogens is 228 g/mol. The number of carbonyl (C=O) groups excluding carboxylic acids is 2. The second-order valence-corrected chi connectivity index (χ2v) is 5.48. The predicted molar refractivity (Wildman–Crippen MR) is 69.9 cm³/mol. The van der Waals surface area contributed by atoms with Crippen molar-refractivity contribution in [3.8, 4) is 0 Å². The van der Waals surface area contributed by atoms with Crippen LogP contribution < -0.4 is 5.32 Å². The van der Waals surface area contributed by atoms with E-state index in [9.17, 15) is 9.59 Å². The Hall–Kier alpha value is -1.32. The highest BCUT2D eigenvalue weighted by atomic mass is 16.2. The minimum atomic E-state index is -0.213. The van der Waals surface area contributed by atoms with E-state index < -0.39 is 0 Å². The van der Waals surface area contributed by atoms with E-state index in [1.54, 1.807) is 0 Å². The number of rotatable bonds is 4. The molecule has 18 heavy (non-hydrogen) atoms. The summed E-state index contributed by atoms with van der Waals surface area (Å²) in [6, 6.07) is 0. The fraction of sp³-hybridized carbons (Fsp3) is 0.714. The van der Waals surface area contributed by atoms with Gasteiger partial charge in [0.2, 0.25) is 11.8 Å². The van der Waals surface area contributed by atoms with Gasteiger partial charge in [-0.3, -0.25) is 9.59 Å². The van der Waals surface area contributed by atoms with Crippen LogP contribution in [0, 0.1) is 5.41 Å². The van der Waals surface area contributed by atoms with Gasteiger partial charge in [-0.05, 0) is 37.2 Å². The molecule has 0 radical (unpaired) electrons. The van der Waals surface area contributed by atoms with Crippen LogP contribution in [0.4, 0.5) is 0 Å². The van der Waals surface area contributed by atoms with Crippen LogP contribution in [0.2, 0.25) is 0 Å². The van der Waals surface area contributed by atoms with Crippen LogP contribution in [-0.2, 0) is 9.59 Å². The van der Waals surface area contributed by atoms with Crippen LogP contribution in [0.5, 0.6) is 0 Å². The average molecular weight is 250 g/mol. The van der Waals surface area contributed by atoms with Crippen LogP contribution in [0.3, 0.4) is 0 Å². The quantitative estimate of drug-likeness (QED) is 0.768. The fourth-order valence-corrected chi connectivity index (χ4v) is 2.93. The van der Waals surface area contributed by atoms with E-state index in [1.807, 2.05) is 4.90 Å². The van der Waals surface area contributed by atoms with Gasteiger partial charge in [-0.2, -0.15) is 0 Å². The van der Waals surface area contributed by atoms with Gasteiger partial charge in [0.25, 0.3) is 0 Å². The van der Waals surface area contributed by atoms with E-state index in [0.717, 1.165) is 25.9 Å². The Bertz CT molecular complexity index is 338. The molecule has 0 aromatic rings. The minimum Gasteiger partial charge on any atom is -0.352 e. The first-order chi connectivity index (χ1) is 8.65. The second kappa shape index (κ2) is 5.55. The fourth-order valence-electron chi connectivity index (χ4n) is 2.93. The van der Waals surface area contributed by atoms with E-state index in [2.05, 4.69) is 11.9 Å². The molecule has 0 aromatic heterocycles. The van der Waals surface area contributed by atoms with Gasteiger partial charge >= 0.3 is 0 Å². The SMILES string of the molecule is C=CC(=O)NCCC(=O)N1CCC2(CCC2)CC1. The molecule has 1 aliphatic carbocycles. The number of likely N-dealkylation sites (tertiary alicyclic amines) is 1. The summed E-state index contributed by atoms with van der Waals surface area (Å²) >= 11 is 0. The van der Waals surface area contributed by atoms with Gasteiger partial charge in [0.05, 0.1) is 0 Å². The smallest absolute Gasteiger partial charge is 0.243 e. The Kier molecular flexibility index (Phi) is 4.04. The lowest BCUT2D eigenvalue weighted by Gasteiger charge is -2.48. The van der Waals surface area contributed by atoms with Crippen LogP contribution in [0.1, 0.15) is 38.5 Å². The number of amides is 2.